The summed E-state index contributed by atoms with van der Waals surface area (Å²) < 4.78 is 2.11. The summed E-state index contributed by atoms with van der Waals surface area (Å²) in [6.07, 6.45) is 6.78. The first-order valence-electron chi connectivity index (χ1n) is 9.67. The second kappa shape index (κ2) is 7.17. The summed E-state index contributed by atoms with van der Waals surface area (Å²) in [5.41, 5.74) is 2.23. The van der Waals surface area contributed by atoms with Crippen molar-refractivity contribution in [3.63, 3.8) is 0 Å². The predicted octanol–water partition coefficient (Wildman–Crippen LogP) is 2.86. The quantitative estimate of drug-likeness (QED) is 0.780. The van der Waals surface area contributed by atoms with Gasteiger partial charge in [-0.05, 0) is 56.6 Å². The summed E-state index contributed by atoms with van der Waals surface area (Å²) in [7, 11) is 3.95. The summed E-state index contributed by atoms with van der Waals surface area (Å²) in [4.78, 5) is 16.9. The van der Waals surface area contributed by atoms with E-state index in [0.29, 0.717) is 0 Å². The highest BCUT2D eigenvalue weighted by Crippen LogP contribution is 2.25. The second-order valence-corrected chi connectivity index (χ2v) is 7.73. The maximum absolute atomic E-state index is 12.6. The molecule has 26 heavy (non-hydrogen) atoms. The molecule has 0 aliphatic carbocycles. The monoisotopic (exact) mass is 349 g/mol. The molecule has 2 atom stereocenters. The van der Waals surface area contributed by atoms with Gasteiger partial charge in [0, 0.05) is 43.3 Å². The van der Waals surface area contributed by atoms with Gasteiger partial charge in [0.15, 0.2) is 0 Å². The predicted molar refractivity (Wildman–Crippen MR) is 105 cm³/mol. The van der Waals surface area contributed by atoms with Crippen LogP contribution in [-0.4, -0.2) is 53.0 Å². The third kappa shape index (κ3) is 3.37. The summed E-state index contributed by atoms with van der Waals surface area (Å²) in [6, 6.07) is 8.45. The van der Waals surface area contributed by atoms with Crippen LogP contribution < -0.4 is 0 Å². The molecule has 4 nitrogen and oxygen atoms in total. The van der Waals surface area contributed by atoms with Crippen LogP contribution in [0.25, 0.3) is 10.9 Å². The molecule has 3 heterocycles. The Morgan fingerprint density at radius 1 is 1.12 bits per heavy atom. The van der Waals surface area contributed by atoms with Gasteiger partial charge < -0.3 is 14.4 Å². The zero-order valence-corrected chi connectivity index (χ0v) is 15.7. The molecule has 2 aromatic rings. The maximum Gasteiger partial charge on any atom is 0.227 e. The highest BCUT2D eigenvalue weighted by atomic mass is 16.2. The normalized spacial score (nSPS) is 24.1. The van der Waals surface area contributed by atoms with Crippen molar-refractivity contribution in [3.8, 4) is 11.8 Å². The van der Waals surface area contributed by atoms with Crippen LogP contribution in [0.1, 0.15) is 31.2 Å². The number of fused-ring (bicyclic) bond motifs is 1. The van der Waals surface area contributed by atoms with E-state index in [1.807, 2.05) is 11.9 Å². The van der Waals surface area contributed by atoms with Crippen molar-refractivity contribution in [2.75, 3.05) is 26.7 Å². The number of hydrogen-bond acceptors (Lipinski definition) is 2. The van der Waals surface area contributed by atoms with Crippen molar-refractivity contribution in [1.29, 1.82) is 0 Å². The molecule has 2 aliphatic heterocycles. The number of likely N-dealkylation sites (tertiary alicyclic amines) is 2. The van der Waals surface area contributed by atoms with Crippen molar-refractivity contribution in [3.05, 3.63) is 36.0 Å². The van der Waals surface area contributed by atoms with Gasteiger partial charge in [-0.3, -0.25) is 4.79 Å². The fourth-order valence-electron chi connectivity index (χ4n) is 4.26. The Bertz CT molecular complexity index is 866. The van der Waals surface area contributed by atoms with E-state index in [-0.39, 0.29) is 17.9 Å². The molecule has 0 spiro atoms. The number of hydrogen-bond donors (Lipinski definition) is 0. The fourth-order valence-corrected chi connectivity index (χ4v) is 4.26. The molecule has 4 rings (SSSR count). The van der Waals surface area contributed by atoms with Crippen molar-refractivity contribution < 1.29 is 4.79 Å². The molecule has 0 radical (unpaired) electrons. The lowest BCUT2D eigenvalue weighted by Crippen LogP contribution is -2.37. The van der Waals surface area contributed by atoms with Crippen LogP contribution in [0.2, 0.25) is 0 Å². The van der Waals surface area contributed by atoms with Gasteiger partial charge in [0.1, 0.15) is 0 Å². The lowest BCUT2D eigenvalue weighted by molar-refractivity contribution is -0.130. The third-order valence-corrected chi connectivity index (χ3v) is 5.87. The molecule has 1 aromatic heterocycles. The standard InChI is InChI=1S/C22H27N3O/c1-23-13-10-18-14-17(7-9-21(18)23)6-8-20-15-19(22(26)24(20)2)16-25-11-4-3-5-12-25/h7,9-10,13-14,19-20H,3-5,11-12,15-16H2,1-2H3. The Kier molecular flexibility index (Phi) is 4.74. The topological polar surface area (TPSA) is 28.5 Å². The van der Waals surface area contributed by atoms with E-state index in [1.165, 1.54) is 30.2 Å². The zero-order chi connectivity index (χ0) is 18.1. The molecule has 136 valence electrons. The number of aromatic nitrogens is 1. The van der Waals surface area contributed by atoms with Crippen molar-refractivity contribution in [2.24, 2.45) is 13.0 Å². The Hall–Kier alpha value is -2.25. The summed E-state index contributed by atoms with van der Waals surface area (Å²) >= 11 is 0. The van der Waals surface area contributed by atoms with Gasteiger partial charge in [0.25, 0.3) is 0 Å². The lowest BCUT2D eigenvalue weighted by atomic mass is 10.0. The van der Waals surface area contributed by atoms with Crippen LogP contribution in [0.5, 0.6) is 0 Å². The number of carbonyl (C=O) groups excluding carboxylic acids is 1. The molecule has 0 saturated carbocycles. The van der Waals surface area contributed by atoms with Crippen LogP contribution >= 0.6 is 0 Å². The fraction of sp³-hybridized carbons (Fsp3) is 0.500. The van der Waals surface area contributed by atoms with Gasteiger partial charge >= 0.3 is 0 Å². The molecule has 4 heteroatoms. The number of rotatable bonds is 2. The number of benzene rings is 1. The first-order chi connectivity index (χ1) is 12.6. The van der Waals surface area contributed by atoms with Crippen LogP contribution in [0, 0.1) is 17.8 Å². The minimum absolute atomic E-state index is 0.0313. The Morgan fingerprint density at radius 3 is 2.73 bits per heavy atom. The van der Waals surface area contributed by atoms with E-state index < -0.39 is 0 Å². The minimum Gasteiger partial charge on any atom is -0.351 e. The number of aryl methyl sites for hydroxylation is 1. The molecular formula is C22H27N3O. The van der Waals surface area contributed by atoms with E-state index in [4.69, 9.17) is 0 Å². The highest BCUT2D eigenvalue weighted by Gasteiger charge is 2.37. The van der Waals surface area contributed by atoms with Crippen LogP contribution in [0.3, 0.4) is 0 Å². The third-order valence-electron chi connectivity index (χ3n) is 5.87. The number of piperidine rings is 1. The van der Waals surface area contributed by atoms with Gasteiger partial charge in [-0.25, -0.2) is 0 Å². The first kappa shape index (κ1) is 17.2. The Labute approximate surface area is 155 Å². The van der Waals surface area contributed by atoms with Crippen LogP contribution in [0.4, 0.5) is 0 Å². The molecule has 2 aliphatic rings. The minimum atomic E-state index is 0.0313. The van der Waals surface area contributed by atoms with Gasteiger partial charge in [-0.1, -0.05) is 18.3 Å². The molecule has 1 amide bonds. The van der Waals surface area contributed by atoms with Crippen LogP contribution in [-0.2, 0) is 11.8 Å². The number of amides is 1. The molecule has 0 N–H and O–H groups in total. The summed E-state index contributed by atoms with van der Waals surface area (Å²) in [5, 5.41) is 1.21. The number of carbonyl (C=O) groups is 1. The zero-order valence-electron chi connectivity index (χ0n) is 15.7. The Morgan fingerprint density at radius 2 is 1.92 bits per heavy atom. The lowest BCUT2D eigenvalue weighted by Gasteiger charge is -2.28. The smallest absolute Gasteiger partial charge is 0.227 e. The van der Waals surface area contributed by atoms with E-state index in [1.54, 1.807) is 0 Å². The van der Waals surface area contributed by atoms with Crippen molar-refractivity contribution in [2.45, 2.75) is 31.7 Å². The molecular weight excluding hydrogens is 322 g/mol. The molecule has 1 aromatic carbocycles. The average molecular weight is 349 g/mol. The molecule has 2 fully saturated rings. The maximum atomic E-state index is 12.6. The first-order valence-corrected chi connectivity index (χ1v) is 9.67. The van der Waals surface area contributed by atoms with E-state index in [9.17, 15) is 4.79 Å². The van der Waals surface area contributed by atoms with Gasteiger partial charge in [0.05, 0.1) is 12.0 Å². The number of nitrogens with zero attached hydrogens (tertiary/aromatic N) is 3. The summed E-state index contributed by atoms with van der Waals surface area (Å²) in [5.74, 6) is 7.01. The van der Waals surface area contributed by atoms with Gasteiger partial charge in [-0.2, -0.15) is 0 Å². The molecule has 0 bridgehead atoms. The average Bonchev–Trinajstić information content (AvgIpc) is 3.16. The van der Waals surface area contributed by atoms with Gasteiger partial charge in [0.2, 0.25) is 5.91 Å². The second-order valence-electron chi connectivity index (χ2n) is 7.73. The summed E-state index contributed by atoms with van der Waals surface area (Å²) in [6.45, 7) is 3.18. The van der Waals surface area contributed by atoms with Crippen molar-refractivity contribution >= 4 is 16.8 Å². The molecule has 2 unspecified atom stereocenters. The SMILES string of the molecule is CN1C(=O)C(CN2CCCCC2)CC1C#Cc1ccc2c(ccn2C)c1. The van der Waals surface area contributed by atoms with Crippen LogP contribution in [0.15, 0.2) is 30.5 Å². The highest BCUT2D eigenvalue weighted by molar-refractivity contribution is 5.83. The van der Waals surface area contributed by atoms with E-state index in [0.717, 1.165) is 31.6 Å². The molecule has 2 saturated heterocycles. The van der Waals surface area contributed by atoms with E-state index >= 15 is 0 Å². The van der Waals surface area contributed by atoms with Crippen molar-refractivity contribution in [1.82, 2.24) is 14.4 Å². The Balaban J connectivity index is 1.45. The van der Waals surface area contributed by atoms with E-state index in [2.05, 4.69) is 58.8 Å². The largest absolute Gasteiger partial charge is 0.351 e. The van der Waals surface area contributed by atoms with Gasteiger partial charge in [-0.15, -0.1) is 0 Å².